The normalized spacial score (nSPS) is 12.1. The van der Waals surface area contributed by atoms with Gasteiger partial charge in [-0.05, 0) is 41.7 Å². The number of rotatable bonds is 4. The first-order valence-corrected chi connectivity index (χ1v) is 8.86. The second-order valence-electron chi connectivity index (χ2n) is 6.57. The van der Waals surface area contributed by atoms with Crippen LogP contribution in [0.3, 0.4) is 0 Å². The first kappa shape index (κ1) is 18.2. The van der Waals surface area contributed by atoms with Gasteiger partial charge in [-0.1, -0.05) is 26.8 Å². The van der Waals surface area contributed by atoms with E-state index in [4.69, 9.17) is 4.74 Å². The summed E-state index contributed by atoms with van der Waals surface area (Å²) in [5, 5.41) is 0. The van der Waals surface area contributed by atoms with Crippen LogP contribution in [0.15, 0.2) is 35.4 Å². The van der Waals surface area contributed by atoms with Gasteiger partial charge in [0, 0.05) is 6.20 Å². The molecular weight excluding hydrogens is 331 g/mol. The quantitative estimate of drug-likeness (QED) is 0.912. The first-order valence-electron chi connectivity index (χ1n) is 7.38. The van der Waals surface area contributed by atoms with Crippen molar-refractivity contribution in [3.8, 4) is 5.88 Å². The maximum Gasteiger partial charge on any atom is 0.264 e. The maximum absolute atomic E-state index is 14.0. The van der Waals surface area contributed by atoms with Crippen LogP contribution >= 0.6 is 0 Å². The molecule has 0 aliphatic rings. The number of anilines is 1. The van der Waals surface area contributed by atoms with Crippen molar-refractivity contribution in [2.45, 2.75) is 38.0 Å². The second kappa shape index (κ2) is 6.39. The molecule has 1 aromatic carbocycles. The third kappa shape index (κ3) is 3.84. The highest BCUT2D eigenvalue weighted by Crippen LogP contribution is 2.31. The number of aryl methyl sites for hydroxylation is 1. The van der Waals surface area contributed by atoms with Crippen molar-refractivity contribution >= 4 is 15.7 Å². The van der Waals surface area contributed by atoms with Crippen LogP contribution in [-0.2, 0) is 15.4 Å². The van der Waals surface area contributed by atoms with E-state index < -0.39 is 20.7 Å². The number of ether oxygens (including phenoxy) is 1. The van der Waals surface area contributed by atoms with Gasteiger partial charge in [-0.25, -0.2) is 17.8 Å². The third-order valence-corrected chi connectivity index (χ3v) is 4.93. The molecule has 0 spiro atoms. The highest BCUT2D eigenvalue weighted by molar-refractivity contribution is 7.92. The molecule has 0 radical (unpaired) electrons. The molecule has 0 fully saturated rings. The molecular formula is C17H21FN2O3S. The zero-order valence-corrected chi connectivity index (χ0v) is 15.2. The Morgan fingerprint density at radius 1 is 1.21 bits per heavy atom. The molecule has 0 atom stereocenters. The topological polar surface area (TPSA) is 68.3 Å². The van der Waals surface area contributed by atoms with Gasteiger partial charge in [-0.3, -0.25) is 4.72 Å². The molecule has 0 aliphatic carbocycles. The van der Waals surface area contributed by atoms with Gasteiger partial charge < -0.3 is 4.74 Å². The fraction of sp³-hybridized carbons (Fsp3) is 0.353. The van der Waals surface area contributed by atoms with Crippen LogP contribution in [0.1, 0.15) is 31.9 Å². The van der Waals surface area contributed by atoms with E-state index >= 15 is 0 Å². The minimum atomic E-state index is -4.10. The summed E-state index contributed by atoms with van der Waals surface area (Å²) in [6, 6.07) is 5.60. The first-order chi connectivity index (χ1) is 11.0. The summed E-state index contributed by atoms with van der Waals surface area (Å²) in [5.41, 5.74) is 1.41. The predicted molar refractivity (Wildman–Crippen MR) is 91.4 cm³/mol. The molecule has 24 heavy (non-hydrogen) atoms. The molecule has 2 aromatic rings. The highest BCUT2D eigenvalue weighted by atomic mass is 32.2. The van der Waals surface area contributed by atoms with Crippen LogP contribution in [0.25, 0.3) is 0 Å². The number of hydrogen-bond acceptors (Lipinski definition) is 4. The lowest BCUT2D eigenvalue weighted by molar-refractivity contribution is 0.399. The van der Waals surface area contributed by atoms with Gasteiger partial charge in [-0.2, -0.15) is 0 Å². The molecule has 0 saturated heterocycles. The molecule has 1 aromatic heterocycles. The van der Waals surface area contributed by atoms with E-state index in [9.17, 15) is 12.8 Å². The van der Waals surface area contributed by atoms with E-state index in [0.717, 1.165) is 5.56 Å². The molecule has 1 N–H and O–H groups in total. The summed E-state index contributed by atoms with van der Waals surface area (Å²) in [4.78, 5) is 3.71. The predicted octanol–water partition coefficient (Wildman–Crippen LogP) is 3.64. The van der Waals surface area contributed by atoms with Crippen molar-refractivity contribution in [3.63, 3.8) is 0 Å². The fourth-order valence-corrected chi connectivity index (χ4v) is 3.23. The Balaban J connectivity index is 2.49. The molecule has 1 heterocycles. The van der Waals surface area contributed by atoms with Crippen LogP contribution in [0.5, 0.6) is 5.88 Å². The largest absolute Gasteiger partial charge is 0.480 e. The maximum atomic E-state index is 14.0. The van der Waals surface area contributed by atoms with Crippen molar-refractivity contribution in [3.05, 3.63) is 47.4 Å². The summed E-state index contributed by atoms with van der Waals surface area (Å²) in [6.45, 7) is 7.63. The number of nitrogens with one attached hydrogen (secondary N) is 1. The van der Waals surface area contributed by atoms with E-state index in [-0.39, 0.29) is 17.0 Å². The lowest BCUT2D eigenvalue weighted by Crippen LogP contribution is -2.17. The molecule has 2 rings (SSSR count). The van der Waals surface area contributed by atoms with Gasteiger partial charge in [0.25, 0.3) is 10.0 Å². The number of nitrogens with zero attached hydrogens (tertiary/aromatic N) is 1. The van der Waals surface area contributed by atoms with Crippen molar-refractivity contribution in [2.24, 2.45) is 0 Å². The Morgan fingerprint density at radius 3 is 2.42 bits per heavy atom. The standard InChI is InChI=1S/C17H21FN2O3S/c1-11-6-7-15(13(18)8-11)24(21,22)20-14-9-12(17(2,3)4)10-19-16(14)23-5/h6-10,20H,1-5H3. The number of halogens is 1. The third-order valence-electron chi connectivity index (χ3n) is 3.53. The van der Waals surface area contributed by atoms with Gasteiger partial charge in [0.2, 0.25) is 5.88 Å². The summed E-state index contributed by atoms with van der Waals surface area (Å²) in [5.74, 6) is -0.680. The van der Waals surface area contributed by atoms with Crippen molar-refractivity contribution < 1.29 is 17.5 Å². The molecule has 5 nitrogen and oxygen atoms in total. The minimum absolute atomic E-state index is 0.124. The van der Waals surface area contributed by atoms with Crippen LogP contribution in [-0.4, -0.2) is 20.5 Å². The Labute approximate surface area is 141 Å². The van der Waals surface area contributed by atoms with E-state index in [2.05, 4.69) is 9.71 Å². The minimum Gasteiger partial charge on any atom is -0.480 e. The zero-order chi connectivity index (χ0) is 18.1. The number of aromatic nitrogens is 1. The summed E-state index contributed by atoms with van der Waals surface area (Å²) in [7, 11) is -2.71. The number of sulfonamides is 1. The van der Waals surface area contributed by atoms with Crippen molar-refractivity contribution in [1.82, 2.24) is 4.98 Å². The van der Waals surface area contributed by atoms with Gasteiger partial charge in [0.15, 0.2) is 0 Å². The molecule has 7 heteroatoms. The van der Waals surface area contributed by atoms with Crippen molar-refractivity contribution in [2.75, 3.05) is 11.8 Å². The zero-order valence-electron chi connectivity index (χ0n) is 14.3. The number of pyridine rings is 1. The van der Waals surface area contributed by atoms with Crippen LogP contribution in [0.2, 0.25) is 0 Å². The monoisotopic (exact) mass is 352 g/mol. The van der Waals surface area contributed by atoms with E-state index in [1.807, 2.05) is 20.8 Å². The van der Waals surface area contributed by atoms with E-state index in [1.54, 1.807) is 25.3 Å². The fourth-order valence-electron chi connectivity index (χ4n) is 2.12. The Hall–Kier alpha value is -2.15. The Kier molecular flexibility index (Phi) is 4.85. The van der Waals surface area contributed by atoms with Crippen LogP contribution in [0.4, 0.5) is 10.1 Å². The summed E-state index contributed by atoms with van der Waals surface area (Å²) < 4.78 is 46.6. The molecule has 0 unspecified atom stereocenters. The van der Waals surface area contributed by atoms with Gasteiger partial charge in [0.1, 0.15) is 16.4 Å². The van der Waals surface area contributed by atoms with E-state index in [1.165, 1.54) is 19.2 Å². The number of benzene rings is 1. The SMILES string of the molecule is COc1ncc(C(C)(C)C)cc1NS(=O)(=O)c1ccc(C)cc1F. The highest BCUT2D eigenvalue weighted by Gasteiger charge is 2.23. The van der Waals surface area contributed by atoms with Crippen LogP contribution < -0.4 is 9.46 Å². The van der Waals surface area contributed by atoms with Gasteiger partial charge >= 0.3 is 0 Å². The second-order valence-corrected chi connectivity index (χ2v) is 8.22. The Bertz CT molecular complexity index is 859. The molecule has 0 bridgehead atoms. The van der Waals surface area contributed by atoms with Gasteiger partial charge in [-0.15, -0.1) is 0 Å². The number of methoxy groups -OCH3 is 1. The number of hydrogen-bond donors (Lipinski definition) is 1. The molecule has 130 valence electrons. The molecule has 0 saturated carbocycles. The smallest absolute Gasteiger partial charge is 0.264 e. The van der Waals surface area contributed by atoms with Crippen molar-refractivity contribution in [1.29, 1.82) is 0 Å². The Morgan fingerprint density at radius 2 is 1.88 bits per heavy atom. The van der Waals surface area contributed by atoms with Gasteiger partial charge in [0.05, 0.1) is 7.11 Å². The summed E-state index contributed by atoms with van der Waals surface area (Å²) >= 11 is 0. The lowest BCUT2D eigenvalue weighted by Gasteiger charge is -2.20. The lowest BCUT2D eigenvalue weighted by atomic mass is 9.88. The van der Waals surface area contributed by atoms with Crippen LogP contribution in [0, 0.1) is 12.7 Å². The summed E-state index contributed by atoms with van der Waals surface area (Å²) in [6.07, 6.45) is 1.63. The average molecular weight is 352 g/mol. The van der Waals surface area contributed by atoms with E-state index in [0.29, 0.717) is 5.56 Å². The average Bonchev–Trinajstić information content (AvgIpc) is 2.45. The molecule has 0 aliphatic heterocycles. The molecule has 0 amide bonds.